The third kappa shape index (κ3) is 5.31. The van der Waals surface area contributed by atoms with Crippen LogP contribution < -0.4 is 10.6 Å². The van der Waals surface area contributed by atoms with Gasteiger partial charge in [-0.05, 0) is 42.2 Å². The molecule has 2 amide bonds. The highest BCUT2D eigenvalue weighted by Crippen LogP contribution is 2.15. The van der Waals surface area contributed by atoms with E-state index in [2.05, 4.69) is 32.7 Å². The largest absolute Gasteiger partial charge is 0.393 e. The minimum Gasteiger partial charge on any atom is -0.393 e. The number of hydrogen-bond donors (Lipinski definition) is 3. The number of nitrogens with one attached hydrogen (secondary N) is 2. The van der Waals surface area contributed by atoms with Crippen LogP contribution in [0.1, 0.15) is 24.0 Å². The summed E-state index contributed by atoms with van der Waals surface area (Å²) in [5.74, 6) is 0.531. The van der Waals surface area contributed by atoms with Crippen molar-refractivity contribution < 1.29 is 9.90 Å². The number of benzene rings is 2. The summed E-state index contributed by atoms with van der Waals surface area (Å²) in [5.41, 5.74) is 3.14. The van der Waals surface area contributed by atoms with Crippen LogP contribution in [0.25, 0.3) is 10.9 Å². The molecule has 1 aliphatic heterocycles. The molecule has 1 saturated heterocycles. The van der Waals surface area contributed by atoms with Gasteiger partial charge in [-0.1, -0.05) is 42.5 Å². The summed E-state index contributed by atoms with van der Waals surface area (Å²) in [5, 5.41) is 16.3. The molecule has 3 N–H and O–H groups in total. The van der Waals surface area contributed by atoms with Crippen molar-refractivity contribution in [3.05, 3.63) is 71.8 Å². The van der Waals surface area contributed by atoms with E-state index in [1.807, 2.05) is 42.5 Å². The van der Waals surface area contributed by atoms with Gasteiger partial charge in [-0.2, -0.15) is 0 Å². The number of fused-ring (bicyclic) bond motifs is 1. The number of pyridine rings is 1. The van der Waals surface area contributed by atoms with Crippen LogP contribution in [0.3, 0.4) is 0 Å². The summed E-state index contributed by atoms with van der Waals surface area (Å²) in [6, 6.07) is 19.6. The first-order valence-electron chi connectivity index (χ1n) is 10.0. The molecule has 4 rings (SSSR count). The van der Waals surface area contributed by atoms with Gasteiger partial charge in [0, 0.05) is 31.6 Å². The Hall–Kier alpha value is -2.96. The Morgan fingerprint density at radius 2 is 1.72 bits per heavy atom. The molecule has 3 aromatic rings. The molecule has 6 nitrogen and oxygen atoms in total. The Morgan fingerprint density at radius 3 is 2.52 bits per heavy atom. The minimum absolute atomic E-state index is 0.143. The van der Waals surface area contributed by atoms with E-state index in [0.717, 1.165) is 48.9 Å². The molecule has 0 aliphatic carbocycles. The van der Waals surface area contributed by atoms with E-state index in [1.54, 1.807) is 6.07 Å². The number of carbonyl (C=O) groups excluding carboxylic acids is 1. The SMILES string of the molecule is O=C(NCc1ccc(CN2CCC(O)CC2)cc1)Nc1ccc2ccccc2n1. The molecule has 1 aliphatic rings. The van der Waals surface area contributed by atoms with Gasteiger partial charge in [0.05, 0.1) is 11.6 Å². The van der Waals surface area contributed by atoms with Crippen LogP contribution in [0.2, 0.25) is 0 Å². The summed E-state index contributed by atoms with van der Waals surface area (Å²) in [6.45, 7) is 3.23. The summed E-state index contributed by atoms with van der Waals surface area (Å²) < 4.78 is 0. The Labute approximate surface area is 170 Å². The van der Waals surface area contributed by atoms with E-state index in [-0.39, 0.29) is 12.1 Å². The highest BCUT2D eigenvalue weighted by Gasteiger charge is 2.16. The van der Waals surface area contributed by atoms with Gasteiger partial charge in [-0.15, -0.1) is 0 Å². The number of urea groups is 1. The fourth-order valence-electron chi connectivity index (χ4n) is 3.58. The second-order valence-corrected chi connectivity index (χ2v) is 7.52. The predicted octanol–water partition coefficient (Wildman–Crippen LogP) is 3.51. The number of piperidine rings is 1. The van der Waals surface area contributed by atoms with Gasteiger partial charge in [-0.3, -0.25) is 10.2 Å². The monoisotopic (exact) mass is 390 g/mol. The number of anilines is 1. The quantitative estimate of drug-likeness (QED) is 0.623. The third-order valence-corrected chi connectivity index (χ3v) is 5.28. The van der Waals surface area contributed by atoms with E-state index >= 15 is 0 Å². The number of likely N-dealkylation sites (tertiary alicyclic amines) is 1. The standard InChI is InChI=1S/C23H26N4O2/c28-20-11-13-27(14-12-20)16-18-7-5-17(6-8-18)15-24-23(29)26-22-10-9-19-3-1-2-4-21(19)25-22/h1-10,20,28H,11-16H2,(H2,24,25,26,29). The van der Waals surface area contributed by atoms with Gasteiger partial charge in [-0.25, -0.2) is 9.78 Å². The van der Waals surface area contributed by atoms with Crippen LogP contribution in [-0.4, -0.2) is 40.2 Å². The summed E-state index contributed by atoms with van der Waals surface area (Å²) in [6.07, 6.45) is 1.56. The predicted molar refractivity (Wildman–Crippen MR) is 115 cm³/mol. The van der Waals surface area contributed by atoms with Crippen molar-refractivity contribution in [2.75, 3.05) is 18.4 Å². The van der Waals surface area contributed by atoms with Crippen molar-refractivity contribution >= 4 is 22.8 Å². The first-order valence-corrected chi connectivity index (χ1v) is 10.0. The number of nitrogens with zero attached hydrogens (tertiary/aromatic N) is 2. The Morgan fingerprint density at radius 1 is 1.00 bits per heavy atom. The molecule has 0 unspecified atom stereocenters. The first-order chi connectivity index (χ1) is 14.2. The van der Waals surface area contributed by atoms with E-state index in [1.165, 1.54) is 5.56 Å². The zero-order valence-electron chi connectivity index (χ0n) is 16.3. The van der Waals surface area contributed by atoms with Crippen LogP contribution in [-0.2, 0) is 13.1 Å². The summed E-state index contributed by atoms with van der Waals surface area (Å²) >= 11 is 0. The maximum Gasteiger partial charge on any atom is 0.320 e. The first kappa shape index (κ1) is 19.4. The molecule has 1 aromatic heterocycles. The van der Waals surface area contributed by atoms with Gasteiger partial charge in [0.2, 0.25) is 0 Å². The maximum atomic E-state index is 12.2. The van der Waals surface area contributed by atoms with Crippen molar-refractivity contribution in [1.29, 1.82) is 0 Å². The Balaban J connectivity index is 1.26. The molecular formula is C23H26N4O2. The molecule has 29 heavy (non-hydrogen) atoms. The summed E-state index contributed by atoms with van der Waals surface area (Å²) in [4.78, 5) is 19.0. The topological polar surface area (TPSA) is 77.5 Å². The van der Waals surface area contributed by atoms with Crippen molar-refractivity contribution in [2.24, 2.45) is 0 Å². The number of aromatic nitrogens is 1. The van der Waals surface area contributed by atoms with E-state index in [9.17, 15) is 9.90 Å². The molecule has 2 heterocycles. The number of rotatable bonds is 5. The normalized spacial score (nSPS) is 15.3. The van der Waals surface area contributed by atoms with E-state index < -0.39 is 0 Å². The van der Waals surface area contributed by atoms with Gasteiger partial charge in [0.25, 0.3) is 0 Å². The number of amides is 2. The highest BCUT2D eigenvalue weighted by molar-refractivity contribution is 5.90. The third-order valence-electron chi connectivity index (χ3n) is 5.28. The molecule has 150 valence electrons. The average Bonchev–Trinajstić information content (AvgIpc) is 2.75. The average molecular weight is 390 g/mol. The van der Waals surface area contributed by atoms with Crippen molar-refractivity contribution in [3.8, 4) is 0 Å². The molecular weight excluding hydrogens is 364 g/mol. The number of aliphatic hydroxyl groups is 1. The number of aliphatic hydroxyl groups excluding tert-OH is 1. The van der Waals surface area contributed by atoms with Crippen LogP contribution in [0.4, 0.5) is 10.6 Å². The second kappa shape index (κ2) is 9.03. The van der Waals surface area contributed by atoms with Gasteiger partial charge in [0.15, 0.2) is 0 Å². The van der Waals surface area contributed by atoms with E-state index in [0.29, 0.717) is 12.4 Å². The van der Waals surface area contributed by atoms with Crippen LogP contribution in [0, 0.1) is 0 Å². The number of carbonyl (C=O) groups is 1. The molecule has 0 spiro atoms. The highest BCUT2D eigenvalue weighted by atomic mass is 16.3. The molecule has 1 fully saturated rings. The fourth-order valence-corrected chi connectivity index (χ4v) is 3.58. The molecule has 2 aromatic carbocycles. The Kier molecular flexibility index (Phi) is 6.03. The van der Waals surface area contributed by atoms with Crippen LogP contribution in [0.5, 0.6) is 0 Å². The minimum atomic E-state index is -0.274. The summed E-state index contributed by atoms with van der Waals surface area (Å²) in [7, 11) is 0. The van der Waals surface area contributed by atoms with Crippen LogP contribution >= 0.6 is 0 Å². The fraction of sp³-hybridized carbons (Fsp3) is 0.304. The van der Waals surface area contributed by atoms with Gasteiger partial charge < -0.3 is 10.4 Å². The van der Waals surface area contributed by atoms with Crippen molar-refractivity contribution in [1.82, 2.24) is 15.2 Å². The lowest BCUT2D eigenvalue weighted by atomic mass is 10.1. The van der Waals surface area contributed by atoms with Gasteiger partial charge in [0.1, 0.15) is 5.82 Å². The van der Waals surface area contributed by atoms with Gasteiger partial charge >= 0.3 is 6.03 Å². The lowest BCUT2D eigenvalue weighted by molar-refractivity contribution is 0.0792. The molecule has 0 bridgehead atoms. The number of hydrogen-bond acceptors (Lipinski definition) is 4. The molecule has 6 heteroatoms. The van der Waals surface area contributed by atoms with Crippen molar-refractivity contribution in [3.63, 3.8) is 0 Å². The lowest BCUT2D eigenvalue weighted by Crippen LogP contribution is -2.35. The van der Waals surface area contributed by atoms with Crippen LogP contribution in [0.15, 0.2) is 60.7 Å². The molecule has 0 radical (unpaired) electrons. The molecule has 0 atom stereocenters. The lowest BCUT2D eigenvalue weighted by Gasteiger charge is -2.29. The molecule has 0 saturated carbocycles. The second-order valence-electron chi connectivity index (χ2n) is 7.52. The van der Waals surface area contributed by atoms with Crippen molar-refractivity contribution in [2.45, 2.75) is 32.0 Å². The van der Waals surface area contributed by atoms with E-state index in [4.69, 9.17) is 0 Å². The zero-order chi connectivity index (χ0) is 20.1. The maximum absolute atomic E-state index is 12.2. The smallest absolute Gasteiger partial charge is 0.320 e. The Bertz CT molecular complexity index is 966. The zero-order valence-corrected chi connectivity index (χ0v) is 16.3. The number of para-hydroxylation sites is 1.